The Balaban J connectivity index is 1.48. The number of carbonyl (C=O) groups is 2. The molecule has 1 N–H and O–H groups in total. The third-order valence-electron chi connectivity index (χ3n) is 4.25. The Labute approximate surface area is 173 Å². The van der Waals surface area contributed by atoms with Gasteiger partial charge in [0.2, 0.25) is 0 Å². The lowest BCUT2D eigenvalue weighted by atomic mass is 10.1. The maximum Gasteiger partial charge on any atom is 0.312 e. The molecule has 0 spiro atoms. The first kappa shape index (κ1) is 20.5. The van der Waals surface area contributed by atoms with Crippen LogP contribution in [0.3, 0.4) is 0 Å². The van der Waals surface area contributed by atoms with Crippen LogP contribution < -0.4 is 10.1 Å². The van der Waals surface area contributed by atoms with Gasteiger partial charge in [0.15, 0.2) is 6.61 Å². The first-order chi connectivity index (χ1) is 14.1. The van der Waals surface area contributed by atoms with E-state index in [0.717, 1.165) is 16.1 Å². The number of benzene rings is 2. The monoisotopic (exact) mass is 410 g/mol. The molecule has 2 aromatic carbocycles. The van der Waals surface area contributed by atoms with Gasteiger partial charge in [0.1, 0.15) is 10.8 Å². The summed E-state index contributed by atoms with van der Waals surface area (Å²) in [7, 11) is 1.58. The Bertz CT molecular complexity index is 972. The van der Waals surface area contributed by atoms with Crippen molar-refractivity contribution >= 4 is 23.2 Å². The molecule has 1 amide bonds. The molecular weight excluding hydrogens is 388 g/mol. The molecule has 0 bridgehead atoms. The number of amides is 1. The van der Waals surface area contributed by atoms with Crippen molar-refractivity contribution in [2.24, 2.45) is 0 Å². The molecule has 1 atom stereocenters. The number of aromatic nitrogens is 1. The summed E-state index contributed by atoms with van der Waals surface area (Å²) >= 11 is 1.47. The second kappa shape index (κ2) is 9.84. The molecule has 0 aliphatic carbocycles. The highest BCUT2D eigenvalue weighted by Gasteiger charge is 2.16. The summed E-state index contributed by atoms with van der Waals surface area (Å²) in [4.78, 5) is 28.6. The molecule has 0 aliphatic rings. The van der Waals surface area contributed by atoms with Crippen molar-refractivity contribution in [2.75, 3.05) is 13.7 Å². The average Bonchev–Trinajstić information content (AvgIpc) is 3.21. The van der Waals surface area contributed by atoms with Crippen molar-refractivity contribution in [3.05, 3.63) is 71.2 Å². The molecule has 29 heavy (non-hydrogen) atoms. The number of hydrogen-bond donors (Lipinski definition) is 1. The van der Waals surface area contributed by atoms with Crippen LogP contribution in [0.1, 0.15) is 24.2 Å². The highest BCUT2D eigenvalue weighted by Crippen LogP contribution is 2.25. The number of para-hydroxylation sites is 1. The maximum absolute atomic E-state index is 12.1. The van der Waals surface area contributed by atoms with Gasteiger partial charge in [-0.15, -0.1) is 11.3 Å². The highest BCUT2D eigenvalue weighted by molar-refractivity contribution is 7.13. The number of hydrogen-bond acceptors (Lipinski definition) is 6. The van der Waals surface area contributed by atoms with Gasteiger partial charge in [-0.2, -0.15) is 0 Å². The van der Waals surface area contributed by atoms with Gasteiger partial charge in [0.25, 0.3) is 5.91 Å². The Kier molecular flexibility index (Phi) is 6.97. The van der Waals surface area contributed by atoms with Gasteiger partial charge in [0, 0.05) is 16.5 Å². The lowest BCUT2D eigenvalue weighted by molar-refractivity contribution is -0.148. The van der Waals surface area contributed by atoms with E-state index in [2.05, 4.69) is 10.3 Å². The van der Waals surface area contributed by atoms with E-state index < -0.39 is 5.97 Å². The Hall–Kier alpha value is -3.19. The zero-order valence-corrected chi connectivity index (χ0v) is 17.1. The predicted octanol–water partition coefficient (Wildman–Crippen LogP) is 3.78. The van der Waals surface area contributed by atoms with E-state index in [9.17, 15) is 9.59 Å². The van der Waals surface area contributed by atoms with Gasteiger partial charge in [-0.3, -0.25) is 9.59 Å². The van der Waals surface area contributed by atoms with Crippen LogP contribution >= 0.6 is 11.3 Å². The summed E-state index contributed by atoms with van der Waals surface area (Å²) < 4.78 is 10.4. The second-order valence-electron chi connectivity index (χ2n) is 6.38. The molecule has 0 radical (unpaired) electrons. The van der Waals surface area contributed by atoms with Gasteiger partial charge in [-0.05, 0) is 13.0 Å². The van der Waals surface area contributed by atoms with E-state index >= 15 is 0 Å². The minimum Gasteiger partial charge on any atom is -0.496 e. The Morgan fingerprint density at radius 3 is 2.59 bits per heavy atom. The van der Waals surface area contributed by atoms with Crippen LogP contribution in [0.5, 0.6) is 5.75 Å². The van der Waals surface area contributed by atoms with Crippen molar-refractivity contribution in [3.63, 3.8) is 0 Å². The molecule has 0 aliphatic heterocycles. The van der Waals surface area contributed by atoms with Gasteiger partial charge in [0.05, 0.1) is 25.3 Å². The van der Waals surface area contributed by atoms with Crippen LogP contribution in [0.15, 0.2) is 60.0 Å². The third-order valence-corrected chi connectivity index (χ3v) is 5.19. The van der Waals surface area contributed by atoms with Crippen molar-refractivity contribution in [3.8, 4) is 16.3 Å². The lowest BCUT2D eigenvalue weighted by Crippen LogP contribution is -2.31. The largest absolute Gasteiger partial charge is 0.496 e. The van der Waals surface area contributed by atoms with Crippen molar-refractivity contribution in [1.29, 1.82) is 0 Å². The second-order valence-corrected chi connectivity index (χ2v) is 7.24. The molecule has 0 saturated carbocycles. The topological polar surface area (TPSA) is 77.5 Å². The summed E-state index contributed by atoms with van der Waals surface area (Å²) in [5, 5.41) is 5.48. The average molecular weight is 410 g/mol. The van der Waals surface area contributed by atoms with E-state index in [1.807, 2.05) is 66.9 Å². The van der Waals surface area contributed by atoms with Gasteiger partial charge in [-0.1, -0.05) is 48.5 Å². The number of ether oxygens (including phenoxy) is 2. The van der Waals surface area contributed by atoms with E-state index in [0.29, 0.717) is 11.4 Å². The third kappa shape index (κ3) is 5.65. The fourth-order valence-electron chi connectivity index (χ4n) is 2.83. The van der Waals surface area contributed by atoms with Crippen molar-refractivity contribution in [1.82, 2.24) is 10.3 Å². The summed E-state index contributed by atoms with van der Waals surface area (Å²) in [5.74, 6) is -0.176. The lowest BCUT2D eigenvalue weighted by Gasteiger charge is -2.17. The first-order valence-corrected chi connectivity index (χ1v) is 10.0. The smallest absolute Gasteiger partial charge is 0.312 e. The normalized spacial score (nSPS) is 11.5. The number of thiazole rings is 1. The fraction of sp³-hybridized carbons (Fsp3) is 0.227. The van der Waals surface area contributed by atoms with Crippen LogP contribution in [0.25, 0.3) is 10.6 Å². The number of esters is 1. The number of rotatable bonds is 8. The van der Waals surface area contributed by atoms with E-state index in [1.54, 1.807) is 7.11 Å². The van der Waals surface area contributed by atoms with E-state index in [1.165, 1.54) is 11.3 Å². The maximum atomic E-state index is 12.1. The summed E-state index contributed by atoms with van der Waals surface area (Å²) in [5.41, 5.74) is 2.48. The molecule has 7 heteroatoms. The Morgan fingerprint density at radius 2 is 1.83 bits per heavy atom. The van der Waals surface area contributed by atoms with Crippen LogP contribution in [0, 0.1) is 0 Å². The molecule has 3 rings (SSSR count). The number of nitrogens with zero attached hydrogens (tertiary/aromatic N) is 1. The van der Waals surface area contributed by atoms with Crippen molar-refractivity contribution in [2.45, 2.75) is 19.4 Å². The molecule has 1 aromatic heterocycles. The number of carbonyl (C=O) groups excluding carboxylic acids is 2. The summed E-state index contributed by atoms with van der Waals surface area (Å²) in [6.07, 6.45) is 0.0265. The van der Waals surface area contributed by atoms with Crippen LogP contribution in [-0.2, 0) is 20.7 Å². The summed E-state index contributed by atoms with van der Waals surface area (Å²) in [6, 6.07) is 16.9. The summed E-state index contributed by atoms with van der Waals surface area (Å²) in [6.45, 7) is 1.51. The Morgan fingerprint density at radius 1 is 1.10 bits per heavy atom. The molecule has 6 nitrogen and oxygen atoms in total. The zero-order valence-electron chi connectivity index (χ0n) is 16.3. The predicted molar refractivity (Wildman–Crippen MR) is 112 cm³/mol. The van der Waals surface area contributed by atoms with Crippen LogP contribution in [0.4, 0.5) is 0 Å². The first-order valence-electron chi connectivity index (χ1n) is 9.14. The van der Waals surface area contributed by atoms with E-state index in [4.69, 9.17) is 9.47 Å². The zero-order chi connectivity index (χ0) is 20.6. The van der Waals surface area contributed by atoms with Gasteiger partial charge in [-0.25, -0.2) is 4.98 Å². The quantitative estimate of drug-likeness (QED) is 0.572. The molecular formula is C22H22N2O4S. The SMILES string of the molecule is COc1ccccc1C(C)NC(=O)COC(=O)Cc1csc(-c2ccccc2)n1. The van der Waals surface area contributed by atoms with Gasteiger partial charge < -0.3 is 14.8 Å². The molecule has 0 saturated heterocycles. The highest BCUT2D eigenvalue weighted by atomic mass is 32.1. The number of methoxy groups -OCH3 is 1. The van der Waals surface area contributed by atoms with Crippen molar-refractivity contribution < 1.29 is 19.1 Å². The minimum absolute atomic E-state index is 0.0265. The van der Waals surface area contributed by atoms with Gasteiger partial charge >= 0.3 is 5.97 Å². The van der Waals surface area contributed by atoms with Crippen LogP contribution in [-0.4, -0.2) is 30.6 Å². The molecule has 1 heterocycles. The van der Waals surface area contributed by atoms with E-state index in [-0.39, 0.29) is 25.0 Å². The minimum atomic E-state index is -0.491. The number of nitrogens with one attached hydrogen (secondary N) is 1. The van der Waals surface area contributed by atoms with Crippen LogP contribution in [0.2, 0.25) is 0 Å². The molecule has 150 valence electrons. The molecule has 0 fully saturated rings. The standard InChI is InChI=1S/C22H22N2O4S/c1-15(18-10-6-7-11-19(18)27-2)23-20(25)13-28-21(26)12-17-14-29-22(24-17)16-8-4-3-5-9-16/h3-11,14-15H,12-13H2,1-2H3,(H,23,25). The fourth-order valence-corrected chi connectivity index (χ4v) is 3.66. The molecule has 1 unspecified atom stereocenters. The molecule has 3 aromatic rings.